The minimum Gasteiger partial charge on any atom is -0.392 e. The van der Waals surface area contributed by atoms with E-state index in [9.17, 15) is 18.3 Å². The molecule has 0 amide bonds. The number of nitrogens with zero attached hydrogens (tertiary/aromatic N) is 1. The van der Waals surface area contributed by atoms with Gasteiger partial charge >= 0.3 is 6.18 Å². The van der Waals surface area contributed by atoms with E-state index in [1.54, 1.807) is 4.90 Å². The molecule has 96 valence electrons. The zero-order valence-corrected chi connectivity index (χ0v) is 9.37. The van der Waals surface area contributed by atoms with E-state index in [0.717, 1.165) is 6.42 Å². The van der Waals surface area contributed by atoms with Crippen LogP contribution in [0.3, 0.4) is 0 Å². The first-order valence-corrected chi connectivity index (χ1v) is 5.51. The third-order valence-corrected chi connectivity index (χ3v) is 3.23. The average Bonchev–Trinajstić information content (AvgIpc) is 2.18. The van der Waals surface area contributed by atoms with Crippen LogP contribution in [-0.2, 0) is 0 Å². The van der Waals surface area contributed by atoms with E-state index in [2.05, 4.69) is 0 Å². The van der Waals surface area contributed by atoms with Crippen LogP contribution in [0.4, 0.5) is 13.2 Å². The Labute approximate surface area is 93.4 Å². The molecule has 0 saturated carbocycles. The van der Waals surface area contributed by atoms with Gasteiger partial charge in [-0.3, -0.25) is 0 Å². The lowest BCUT2D eigenvalue weighted by molar-refractivity contribution is -0.178. The molecule has 1 aliphatic heterocycles. The van der Waals surface area contributed by atoms with E-state index in [1.165, 1.54) is 0 Å². The Balaban J connectivity index is 2.47. The Morgan fingerprint density at radius 1 is 1.50 bits per heavy atom. The van der Waals surface area contributed by atoms with Crippen LogP contribution in [0, 0.1) is 11.8 Å². The molecule has 1 saturated heterocycles. The number of hydrogen-bond donors (Lipinski definition) is 2. The predicted octanol–water partition coefficient (Wildman–Crippen LogP) is 0.826. The van der Waals surface area contributed by atoms with Gasteiger partial charge in [-0.1, -0.05) is 6.92 Å². The normalized spacial score (nSPS) is 30.4. The third-order valence-electron chi connectivity index (χ3n) is 3.23. The minimum atomic E-state index is -4.25. The van der Waals surface area contributed by atoms with Gasteiger partial charge in [0.25, 0.3) is 0 Å². The molecule has 0 aromatic rings. The van der Waals surface area contributed by atoms with Gasteiger partial charge in [0.15, 0.2) is 0 Å². The van der Waals surface area contributed by atoms with E-state index in [1.807, 2.05) is 6.92 Å². The summed E-state index contributed by atoms with van der Waals surface area (Å²) in [6.45, 7) is 2.32. The first kappa shape index (κ1) is 13.7. The fourth-order valence-electron chi connectivity index (χ4n) is 1.90. The summed E-state index contributed by atoms with van der Waals surface area (Å²) in [4.78, 5) is 1.65. The van der Waals surface area contributed by atoms with Gasteiger partial charge in [-0.2, -0.15) is 13.2 Å². The van der Waals surface area contributed by atoms with Crippen molar-refractivity contribution in [3.05, 3.63) is 0 Å². The molecule has 1 heterocycles. The molecule has 3 nitrogen and oxygen atoms in total. The standard InChI is InChI=1S/C10H19F3N2O/c1-7-2-3-15(6-9(7)16)5-8(4-14)10(11,12)13/h7-9,16H,2-6,14H2,1H3. The van der Waals surface area contributed by atoms with Gasteiger partial charge in [0, 0.05) is 19.6 Å². The lowest BCUT2D eigenvalue weighted by Crippen LogP contribution is -2.48. The first-order valence-electron chi connectivity index (χ1n) is 5.51. The lowest BCUT2D eigenvalue weighted by atomic mass is 9.95. The molecule has 16 heavy (non-hydrogen) atoms. The fourth-order valence-corrected chi connectivity index (χ4v) is 1.90. The van der Waals surface area contributed by atoms with Crippen molar-refractivity contribution >= 4 is 0 Å². The summed E-state index contributed by atoms with van der Waals surface area (Å²) in [5.74, 6) is -1.33. The largest absolute Gasteiger partial charge is 0.394 e. The SMILES string of the molecule is CC1CCN(CC(CN)C(F)(F)F)CC1O. The molecule has 0 radical (unpaired) electrons. The van der Waals surface area contributed by atoms with E-state index in [-0.39, 0.29) is 12.5 Å². The second-order valence-electron chi connectivity index (χ2n) is 4.57. The zero-order chi connectivity index (χ0) is 12.3. The smallest absolute Gasteiger partial charge is 0.392 e. The molecule has 1 fully saturated rings. The number of nitrogens with two attached hydrogens (primary N) is 1. The number of alkyl halides is 3. The maximum atomic E-state index is 12.5. The molecular weight excluding hydrogens is 221 g/mol. The summed E-state index contributed by atoms with van der Waals surface area (Å²) in [6, 6.07) is 0. The summed E-state index contributed by atoms with van der Waals surface area (Å²) >= 11 is 0. The van der Waals surface area contributed by atoms with Crippen LogP contribution in [0.2, 0.25) is 0 Å². The van der Waals surface area contributed by atoms with Gasteiger partial charge in [-0.05, 0) is 18.9 Å². The number of rotatable bonds is 3. The summed E-state index contributed by atoms with van der Waals surface area (Å²) in [5, 5.41) is 9.58. The first-order chi connectivity index (χ1) is 7.34. The molecule has 3 unspecified atom stereocenters. The molecule has 0 aromatic carbocycles. The average molecular weight is 240 g/mol. The summed E-state index contributed by atoms with van der Waals surface area (Å²) < 4.78 is 37.4. The van der Waals surface area contributed by atoms with Crippen molar-refractivity contribution < 1.29 is 18.3 Å². The molecule has 3 atom stereocenters. The van der Waals surface area contributed by atoms with Crippen LogP contribution >= 0.6 is 0 Å². The van der Waals surface area contributed by atoms with Gasteiger partial charge in [-0.15, -0.1) is 0 Å². The van der Waals surface area contributed by atoms with Crippen LogP contribution in [0.1, 0.15) is 13.3 Å². The Morgan fingerprint density at radius 2 is 2.12 bits per heavy atom. The van der Waals surface area contributed by atoms with Crippen molar-refractivity contribution in [1.29, 1.82) is 0 Å². The third kappa shape index (κ3) is 3.61. The highest BCUT2D eigenvalue weighted by Crippen LogP contribution is 2.27. The Morgan fingerprint density at radius 3 is 2.56 bits per heavy atom. The highest BCUT2D eigenvalue weighted by atomic mass is 19.4. The molecule has 1 rings (SSSR count). The van der Waals surface area contributed by atoms with Crippen LogP contribution in [-0.4, -0.2) is 48.5 Å². The highest BCUT2D eigenvalue weighted by molar-refractivity contribution is 4.81. The van der Waals surface area contributed by atoms with Crippen molar-refractivity contribution in [2.75, 3.05) is 26.2 Å². The quantitative estimate of drug-likeness (QED) is 0.768. The van der Waals surface area contributed by atoms with Gasteiger partial charge in [0.2, 0.25) is 0 Å². The minimum absolute atomic E-state index is 0.107. The summed E-state index contributed by atoms with van der Waals surface area (Å²) in [5.41, 5.74) is 5.13. The number of likely N-dealkylation sites (tertiary alicyclic amines) is 1. The summed E-state index contributed by atoms with van der Waals surface area (Å²) in [7, 11) is 0. The molecule has 0 spiro atoms. The Bertz CT molecular complexity index is 223. The Hall–Kier alpha value is -0.330. The highest BCUT2D eigenvalue weighted by Gasteiger charge is 2.40. The molecule has 6 heteroatoms. The van der Waals surface area contributed by atoms with Gasteiger partial charge in [0.1, 0.15) is 0 Å². The van der Waals surface area contributed by atoms with Gasteiger partial charge in [0.05, 0.1) is 12.0 Å². The zero-order valence-electron chi connectivity index (χ0n) is 9.37. The molecule has 0 bridgehead atoms. The maximum Gasteiger partial charge on any atom is 0.394 e. The topological polar surface area (TPSA) is 49.5 Å². The van der Waals surface area contributed by atoms with Crippen molar-refractivity contribution in [3.63, 3.8) is 0 Å². The number of β-amino-alcohol motifs (C(OH)–C–C–N with tert-alkyl or cyclic N) is 1. The lowest BCUT2D eigenvalue weighted by Gasteiger charge is -2.36. The van der Waals surface area contributed by atoms with Crippen molar-refractivity contribution in [3.8, 4) is 0 Å². The van der Waals surface area contributed by atoms with Crippen molar-refractivity contribution in [1.82, 2.24) is 4.90 Å². The number of aliphatic hydroxyl groups is 1. The van der Waals surface area contributed by atoms with Gasteiger partial charge in [-0.25, -0.2) is 0 Å². The van der Waals surface area contributed by atoms with Crippen molar-refractivity contribution in [2.24, 2.45) is 17.6 Å². The van der Waals surface area contributed by atoms with E-state index in [4.69, 9.17) is 5.73 Å². The maximum absolute atomic E-state index is 12.5. The van der Waals surface area contributed by atoms with E-state index >= 15 is 0 Å². The van der Waals surface area contributed by atoms with Crippen LogP contribution in [0.5, 0.6) is 0 Å². The van der Waals surface area contributed by atoms with E-state index < -0.39 is 24.7 Å². The van der Waals surface area contributed by atoms with Crippen LogP contribution < -0.4 is 5.73 Å². The number of halogens is 3. The second-order valence-corrected chi connectivity index (χ2v) is 4.57. The summed E-state index contributed by atoms with van der Waals surface area (Å²) in [6.07, 6.45) is -4.04. The number of aliphatic hydroxyl groups excluding tert-OH is 1. The van der Waals surface area contributed by atoms with Crippen LogP contribution in [0.25, 0.3) is 0 Å². The molecule has 1 aliphatic rings. The Kier molecular flexibility index (Phi) is 4.58. The fraction of sp³-hybridized carbons (Fsp3) is 1.00. The molecule has 0 aliphatic carbocycles. The molecule has 0 aromatic heterocycles. The molecular formula is C10H19F3N2O. The van der Waals surface area contributed by atoms with Crippen molar-refractivity contribution in [2.45, 2.75) is 25.6 Å². The number of hydrogen-bond acceptors (Lipinski definition) is 3. The molecule has 3 N–H and O–H groups in total. The number of piperidine rings is 1. The van der Waals surface area contributed by atoms with Crippen LogP contribution in [0.15, 0.2) is 0 Å². The van der Waals surface area contributed by atoms with E-state index in [0.29, 0.717) is 13.1 Å². The van der Waals surface area contributed by atoms with Gasteiger partial charge < -0.3 is 15.7 Å². The second kappa shape index (κ2) is 5.33. The monoisotopic (exact) mass is 240 g/mol. The predicted molar refractivity (Wildman–Crippen MR) is 54.8 cm³/mol.